The van der Waals surface area contributed by atoms with Gasteiger partial charge in [0.25, 0.3) is 0 Å². The van der Waals surface area contributed by atoms with Crippen LogP contribution in [0.2, 0.25) is 0 Å². The molecule has 6 heteroatoms. The van der Waals surface area contributed by atoms with E-state index in [1.165, 1.54) is 24.3 Å². The summed E-state index contributed by atoms with van der Waals surface area (Å²) in [6.45, 7) is 2.14. The van der Waals surface area contributed by atoms with Crippen molar-refractivity contribution in [2.45, 2.75) is 43.0 Å². The van der Waals surface area contributed by atoms with Crippen LogP contribution >= 0.6 is 15.9 Å². The van der Waals surface area contributed by atoms with E-state index in [0.717, 1.165) is 25.7 Å². The Bertz CT molecular complexity index is 561. The van der Waals surface area contributed by atoms with Gasteiger partial charge < -0.3 is 0 Å². The Kier molecular flexibility index (Phi) is 4.87. The van der Waals surface area contributed by atoms with E-state index in [1.807, 2.05) is 0 Å². The molecule has 1 saturated carbocycles. The summed E-state index contributed by atoms with van der Waals surface area (Å²) in [5.41, 5.74) is -0.440. The number of hydrogen-bond acceptors (Lipinski definition) is 2. The predicted octanol–water partition coefficient (Wildman–Crippen LogP) is 3.45. The van der Waals surface area contributed by atoms with Crippen LogP contribution in [0.25, 0.3) is 0 Å². The molecule has 1 N–H and O–H groups in total. The lowest BCUT2D eigenvalue weighted by atomic mass is 9.78. The van der Waals surface area contributed by atoms with E-state index in [2.05, 4.69) is 27.6 Å². The first-order valence-corrected chi connectivity index (χ1v) is 9.33. The minimum absolute atomic E-state index is 0.109. The molecule has 1 aliphatic carbocycles. The van der Waals surface area contributed by atoms with Gasteiger partial charge in [-0.1, -0.05) is 35.7 Å². The van der Waals surface area contributed by atoms with Crippen LogP contribution in [0.15, 0.2) is 29.2 Å². The van der Waals surface area contributed by atoms with Gasteiger partial charge >= 0.3 is 0 Å². The first-order chi connectivity index (χ1) is 9.37. The highest BCUT2D eigenvalue weighted by Crippen LogP contribution is 2.34. The highest BCUT2D eigenvalue weighted by Gasteiger charge is 2.37. The second-order valence-corrected chi connectivity index (χ2v) is 7.92. The number of hydrogen-bond donors (Lipinski definition) is 1. The molecular formula is C14H19BrFNO2S. The summed E-state index contributed by atoms with van der Waals surface area (Å²) >= 11 is 3.45. The van der Waals surface area contributed by atoms with E-state index in [0.29, 0.717) is 11.2 Å². The summed E-state index contributed by atoms with van der Waals surface area (Å²) in [4.78, 5) is 0.109. The van der Waals surface area contributed by atoms with Gasteiger partial charge in [-0.25, -0.2) is 17.5 Å². The van der Waals surface area contributed by atoms with Crippen LogP contribution < -0.4 is 4.72 Å². The monoisotopic (exact) mass is 363 g/mol. The number of sulfonamides is 1. The third-order valence-electron chi connectivity index (χ3n) is 3.82. The summed E-state index contributed by atoms with van der Waals surface area (Å²) in [5, 5.41) is 0.588. The number of halogens is 2. The summed E-state index contributed by atoms with van der Waals surface area (Å²) in [7, 11) is -3.62. The standard InChI is InChI=1S/C14H19BrFNO2S/c1-11-3-2-8-14(9-11,10-15)17-20(18,19)13-6-4-12(16)5-7-13/h4-7,11,17H,2-3,8-10H2,1H3. The van der Waals surface area contributed by atoms with E-state index in [1.54, 1.807) is 0 Å². The average molecular weight is 364 g/mol. The molecule has 0 heterocycles. The van der Waals surface area contributed by atoms with E-state index in [9.17, 15) is 12.8 Å². The molecule has 2 atom stereocenters. The molecular weight excluding hydrogens is 345 g/mol. The third-order valence-corrected chi connectivity index (χ3v) is 6.49. The summed E-state index contributed by atoms with van der Waals surface area (Å²) in [5.74, 6) is 0.0580. The van der Waals surface area contributed by atoms with Crippen molar-refractivity contribution in [1.82, 2.24) is 4.72 Å². The van der Waals surface area contributed by atoms with Crippen molar-refractivity contribution < 1.29 is 12.8 Å². The van der Waals surface area contributed by atoms with Crippen LogP contribution in [0, 0.1) is 11.7 Å². The predicted molar refractivity (Wildman–Crippen MR) is 80.9 cm³/mol. The third kappa shape index (κ3) is 3.59. The topological polar surface area (TPSA) is 46.2 Å². The smallest absolute Gasteiger partial charge is 0.207 e. The Hall–Kier alpha value is -0.460. The van der Waals surface area contributed by atoms with Crippen LogP contribution in [0.5, 0.6) is 0 Å². The van der Waals surface area contributed by atoms with Gasteiger partial charge in [0, 0.05) is 10.9 Å². The number of rotatable bonds is 4. The molecule has 1 aromatic rings. The zero-order valence-corrected chi connectivity index (χ0v) is 13.8. The number of nitrogens with one attached hydrogen (secondary N) is 1. The fourth-order valence-corrected chi connectivity index (χ4v) is 5.13. The summed E-state index contributed by atoms with van der Waals surface area (Å²) in [6.07, 6.45) is 3.79. The van der Waals surface area contributed by atoms with Crippen molar-refractivity contribution in [3.63, 3.8) is 0 Å². The van der Waals surface area contributed by atoms with Crippen LogP contribution in [-0.4, -0.2) is 19.3 Å². The van der Waals surface area contributed by atoms with Gasteiger partial charge in [-0.05, 0) is 43.0 Å². The Balaban J connectivity index is 2.23. The van der Waals surface area contributed by atoms with Crippen LogP contribution in [0.1, 0.15) is 32.6 Å². The maximum Gasteiger partial charge on any atom is 0.241 e. The number of benzene rings is 1. The van der Waals surface area contributed by atoms with Crippen molar-refractivity contribution >= 4 is 26.0 Å². The van der Waals surface area contributed by atoms with Gasteiger partial charge in [0.15, 0.2) is 0 Å². The van der Waals surface area contributed by atoms with E-state index < -0.39 is 21.4 Å². The van der Waals surface area contributed by atoms with Gasteiger partial charge in [0.05, 0.1) is 4.90 Å². The normalized spacial score (nSPS) is 27.4. The zero-order chi connectivity index (χ0) is 14.8. The molecule has 112 valence electrons. The minimum atomic E-state index is -3.62. The molecule has 2 unspecified atom stereocenters. The molecule has 0 amide bonds. The van der Waals surface area contributed by atoms with Crippen molar-refractivity contribution in [3.8, 4) is 0 Å². The van der Waals surface area contributed by atoms with E-state index in [4.69, 9.17) is 0 Å². The van der Waals surface area contributed by atoms with Crippen LogP contribution in [0.4, 0.5) is 4.39 Å². The molecule has 3 nitrogen and oxygen atoms in total. The highest BCUT2D eigenvalue weighted by molar-refractivity contribution is 9.09. The SMILES string of the molecule is CC1CCCC(CBr)(NS(=O)(=O)c2ccc(F)cc2)C1. The molecule has 1 aliphatic rings. The molecule has 2 rings (SSSR count). The Morgan fingerprint density at radius 2 is 2.05 bits per heavy atom. The van der Waals surface area contributed by atoms with E-state index in [-0.39, 0.29) is 4.90 Å². The first-order valence-electron chi connectivity index (χ1n) is 6.72. The van der Waals surface area contributed by atoms with E-state index >= 15 is 0 Å². The van der Waals surface area contributed by atoms with Gasteiger partial charge in [0.1, 0.15) is 5.82 Å². The van der Waals surface area contributed by atoms with Crippen molar-refractivity contribution in [2.24, 2.45) is 5.92 Å². The highest BCUT2D eigenvalue weighted by atomic mass is 79.9. The second-order valence-electron chi connectivity index (χ2n) is 5.67. The lowest BCUT2D eigenvalue weighted by Gasteiger charge is -2.39. The van der Waals surface area contributed by atoms with Gasteiger partial charge in [-0.3, -0.25) is 0 Å². The molecule has 0 spiro atoms. The molecule has 20 heavy (non-hydrogen) atoms. The lowest BCUT2D eigenvalue weighted by Crippen LogP contribution is -2.52. The first kappa shape index (κ1) is 15.9. The molecule has 1 fully saturated rings. The lowest BCUT2D eigenvalue weighted by molar-refractivity contribution is 0.241. The molecule has 0 saturated heterocycles. The van der Waals surface area contributed by atoms with Gasteiger partial charge in [-0.2, -0.15) is 0 Å². The molecule has 0 aliphatic heterocycles. The van der Waals surface area contributed by atoms with Crippen molar-refractivity contribution in [3.05, 3.63) is 30.1 Å². The molecule has 0 radical (unpaired) electrons. The van der Waals surface area contributed by atoms with Gasteiger partial charge in [-0.15, -0.1) is 0 Å². The zero-order valence-electron chi connectivity index (χ0n) is 11.4. The summed E-state index contributed by atoms with van der Waals surface area (Å²) < 4.78 is 40.6. The summed E-state index contributed by atoms with van der Waals surface area (Å²) in [6, 6.07) is 4.93. The van der Waals surface area contributed by atoms with Crippen molar-refractivity contribution in [1.29, 1.82) is 0 Å². The Morgan fingerprint density at radius 3 is 2.60 bits per heavy atom. The maximum atomic E-state index is 12.9. The van der Waals surface area contributed by atoms with Crippen LogP contribution in [0.3, 0.4) is 0 Å². The van der Waals surface area contributed by atoms with Crippen molar-refractivity contribution in [2.75, 3.05) is 5.33 Å². The fourth-order valence-electron chi connectivity index (χ4n) is 2.86. The fraction of sp³-hybridized carbons (Fsp3) is 0.571. The number of alkyl halides is 1. The Morgan fingerprint density at radius 1 is 1.40 bits per heavy atom. The second kappa shape index (κ2) is 6.12. The van der Waals surface area contributed by atoms with Crippen LogP contribution in [-0.2, 0) is 10.0 Å². The van der Waals surface area contributed by atoms with Gasteiger partial charge in [0.2, 0.25) is 10.0 Å². The molecule has 1 aromatic carbocycles. The molecule has 0 bridgehead atoms. The maximum absolute atomic E-state index is 12.9. The molecule has 0 aromatic heterocycles. The minimum Gasteiger partial charge on any atom is -0.207 e. The quantitative estimate of drug-likeness (QED) is 0.832. The largest absolute Gasteiger partial charge is 0.241 e. The average Bonchev–Trinajstić information content (AvgIpc) is 2.38. The Labute approximate surface area is 128 Å².